The topological polar surface area (TPSA) is 54.4 Å². The molecule has 0 radical (unpaired) electrons. The van der Waals surface area contributed by atoms with Gasteiger partial charge in [-0.1, -0.05) is 50.7 Å². The van der Waals surface area contributed by atoms with Crippen molar-refractivity contribution in [2.45, 2.75) is 0 Å². The van der Waals surface area contributed by atoms with Crippen LogP contribution in [-0.4, -0.2) is 10.9 Å². The third kappa shape index (κ3) is 3.24. The molecule has 2 rings (SSSR count). The summed E-state index contributed by atoms with van der Waals surface area (Å²) >= 11 is 20.7. The number of benzene rings is 1. The average Bonchev–Trinajstić information content (AvgIpc) is 2.51. The molecule has 108 valence electrons. The highest BCUT2D eigenvalue weighted by Gasteiger charge is 2.21. The van der Waals surface area contributed by atoms with Gasteiger partial charge in [0.25, 0.3) is 0 Å². The highest BCUT2D eigenvalue weighted by molar-refractivity contribution is 9.10. The second kappa shape index (κ2) is 6.36. The molecule has 0 aliphatic heterocycles. The molecule has 0 bridgehead atoms. The average molecular weight is 408 g/mol. The Hall–Kier alpha value is -1.07. The summed E-state index contributed by atoms with van der Waals surface area (Å²) in [6, 6.07) is 7.24. The van der Waals surface area contributed by atoms with Gasteiger partial charge in [-0.2, -0.15) is 0 Å². The van der Waals surface area contributed by atoms with Crippen molar-refractivity contribution in [1.82, 2.24) is 0 Å². The van der Waals surface area contributed by atoms with Gasteiger partial charge in [0.2, 0.25) is 5.78 Å². The van der Waals surface area contributed by atoms with Crippen LogP contribution in [0.25, 0.3) is 0 Å². The smallest absolute Gasteiger partial charge is 0.200 e. The van der Waals surface area contributed by atoms with Gasteiger partial charge in [0.1, 0.15) is 10.6 Å². The maximum atomic E-state index is 12.4. The SMILES string of the molecule is O=C(c1ccc(Br)cc1)c1c(O)c(Cl)c(Cl)c(Cl)cc1=O. The van der Waals surface area contributed by atoms with E-state index in [4.69, 9.17) is 34.8 Å². The molecule has 0 spiro atoms. The molecule has 3 nitrogen and oxygen atoms in total. The largest absolute Gasteiger partial charge is 0.505 e. The quantitative estimate of drug-likeness (QED) is 0.733. The Morgan fingerprint density at radius 3 is 2.19 bits per heavy atom. The van der Waals surface area contributed by atoms with E-state index in [0.717, 1.165) is 10.5 Å². The van der Waals surface area contributed by atoms with Gasteiger partial charge in [-0.15, -0.1) is 0 Å². The first-order chi connectivity index (χ1) is 9.82. The molecule has 21 heavy (non-hydrogen) atoms. The Labute approximate surface area is 143 Å². The van der Waals surface area contributed by atoms with Gasteiger partial charge < -0.3 is 5.11 Å². The first kappa shape index (κ1) is 16.3. The van der Waals surface area contributed by atoms with E-state index < -0.39 is 22.5 Å². The van der Waals surface area contributed by atoms with Crippen LogP contribution in [0.1, 0.15) is 15.9 Å². The zero-order valence-electron chi connectivity index (χ0n) is 10.2. The predicted molar refractivity (Wildman–Crippen MR) is 87.0 cm³/mol. The summed E-state index contributed by atoms with van der Waals surface area (Å²) in [5.41, 5.74) is -1.02. The fourth-order valence-electron chi connectivity index (χ4n) is 1.65. The van der Waals surface area contributed by atoms with Gasteiger partial charge >= 0.3 is 0 Å². The number of rotatable bonds is 2. The minimum atomic E-state index is -0.765. The lowest BCUT2D eigenvalue weighted by molar-refractivity contribution is 0.103. The van der Waals surface area contributed by atoms with Crippen LogP contribution in [0.4, 0.5) is 0 Å². The summed E-state index contributed by atoms with van der Waals surface area (Å²) in [4.78, 5) is 24.4. The van der Waals surface area contributed by atoms with Crippen LogP contribution in [0.15, 0.2) is 39.6 Å². The third-order valence-electron chi connectivity index (χ3n) is 2.68. The van der Waals surface area contributed by atoms with E-state index in [9.17, 15) is 14.7 Å². The van der Waals surface area contributed by atoms with Crippen LogP contribution in [0, 0.1) is 0 Å². The fraction of sp³-hybridized carbons (Fsp3) is 0. The van der Waals surface area contributed by atoms with E-state index in [1.807, 2.05) is 0 Å². The summed E-state index contributed by atoms with van der Waals surface area (Å²) < 4.78 is 0.772. The van der Waals surface area contributed by atoms with Gasteiger partial charge in [-0.05, 0) is 24.3 Å². The molecule has 2 aromatic carbocycles. The van der Waals surface area contributed by atoms with Gasteiger partial charge in [0, 0.05) is 16.1 Å². The second-order valence-electron chi connectivity index (χ2n) is 4.04. The highest BCUT2D eigenvalue weighted by Crippen LogP contribution is 2.36. The van der Waals surface area contributed by atoms with Gasteiger partial charge in [0.15, 0.2) is 11.2 Å². The molecule has 0 aliphatic carbocycles. The standard InChI is InChI=1S/C14H6BrCl3O3/c15-7-3-1-6(2-4-7)13(20)10-9(19)5-8(16)11(17)12(18)14(10)21/h1-5,21H. The van der Waals surface area contributed by atoms with Gasteiger partial charge in [-0.25, -0.2) is 0 Å². The predicted octanol–water partition coefficient (Wildman–Crippen LogP) is 4.71. The highest BCUT2D eigenvalue weighted by atomic mass is 79.9. The van der Waals surface area contributed by atoms with Crippen molar-refractivity contribution in [2.75, 3.05) is 0 Å². The molecule has 1 N–H and O–H groups in total. The molecule has 0 saturated carbocycles. The zero-order chi connectivity index (χ0) is 15.7. The third-order valence-corrected chi connectivity index (χ3v) is 4.47. The fourth-order valence-corrected chi connectivity index (χ4v) is 2.50. The number of carbonyl (C=O) groups excluding carboxylic acids is 1. The number of halogens is 4. The van der Waals surface area contributed by atoms with E-state index in [1.165, 1.54) is 12.1 Å². The number of ketones is 1. The molecule has 0 aliphatic rings. The minimum absolute atomic E-state index is 0.142. The monoisotopic (exact) mass is 406 g/mol. The van der Waals surface area contributed by atoms with E-state index in [1.54, 1.807) is 12.1 Å². The molecule has 0 saturated heterocycles. The maximum absolute atomic E-state index is 12.4. The van der Waals surface area contributed by atoms with E-state index in [0.29, 0.717) is 0 Å². The maximum Gasteiger partial charge on any atom is 0.200 e. The Kier molecular flexibility index (Phi) is 4.94. The van der Waals surface area contributed by atoms with Crippen molar-refractivity contribution < 1.29 is 9.90 Å². The summed E-state index contributed by atoms with van der Waals surface area (Å²) in [5.74, 6) is -1.36. The Morgan fingerprint density at radius 1 is 1.05 bits per heavy atom. The van der Waals surface area contributed by atoms with Gasteiger partial charge in [0.05, 0.1) is 10.0 Å². The number of aromatic hydroxyl groups is 1. The molecule has 0 fully saturated rings. The summed E-state index contributed by atoms with van der Waals surface area (Å²) in [6.07, 6.45) is 0. The lowest BCUT2D eigenvalue weighted by Gasteiger charge is -2.02. The summed E-state index contributed by atoms with van der Waals surface area (Å²) in [7, 11) is 0. The van der Waals surface area contributed by atoms with E-state index >= 15 is 0 Å². The zero-order valence-corrected chi connectivity index (χ0v) is 14.0. The molecule has 7 heteroatoms. The van der Waals surface area contributed by atoms with Crippen molar-refractivity contribution >= 4 is 56.5 Å². The van der Waals surface area contributed by atoms with Crippen LogP contribution in [0.5, 0.6) is 5.75 Å². The molecular weight excluding hydrogens is 402 g/mol. The van der Waals surface area contributed by atoms with Crippen molar-refractivity contribution in [3.8, 4) is 5.75 Å². The van der Waals surface area contributed by atoms with Crippen molar-refractivity contribution in [3.05, 3.63) is 71.2 Å². The van der Waals surface area contributed by atoms with Crippen molar-refractivity contribution in [1.29, 1.82) is 0 Å². The molecule has 0 heterocycles. The number of hydrogen-bond donors (Lipinski definition) is 1. The molecule has 2 aromatic rings. The number of carbonyl (C=O) groups is 1. The normalized spacial score (nSPS) is 10.5. The lowest BCUT2D eigenvalue weighted by Crippen LogP contribution is -2.13. The lowest BCUT2D eigenvalue weighted by atomic mass is 10.0. The second-order valence-corrected chi connectivity index (χ2v) is 6.12. The van der Waals surface area contributed by atoms with Crippen LogP contribution in [0.2, 0.25) is 15.1 Å². The summed E-state index contributed by atoms with van der Waals surface area (Å²) in [5, 5.41) is 9.35. The first-order valence-electron chi connectivity index (χ1n) is 5.54. The Morgan fingerprint density at radius 2 is 1.62 bits per heavy atom. The Bertz CT molecular complexity index is 789. The van der Waals surface area contributed by atoms with Crippen LogP contribution in [0.3, 0.4) is 0 Å². The molecule has 0 unspecified atom stereocenters. The van der Waals surface area contributed by atoms with Crippen LogP contribution >= 0.6 is 50.7 Å². The van der Waals surface area contributed by atoms with E-state index in [-0.39, 0.29) is 20.6 Å². The molecule has 0 amide bonds. The van der Waals surface area contributed by atoms with Crippen LogP contribution in [-0.2, 0) is 0 Å². The van der Waals surface area contributed by atoms with Crippen molar-refractivity contribution in [2.24, 2.45) is 0 Å². The molecule has 0 atom stereocenters. The summed E-state index contributed by atoms with van der Waals surface area (Å²) in [6.45, 7) is 0. The van der Waals surface area contributed by atoms with Crippen molar-refractivity contribution in [3.63, 3.8) is 0 Å². The Balaban J connectivity index is 2.73. The first-order valence-corrected chi connectivity index (χ1v) is 7.46. The molecule has 0 aromatic heterocycles. The number of hydrogen-bond acceptors (Lipinski definition) is 3. The van der Waals surface area contributed by atoms with E-state index in [2.05, 4.69) is 15.9 Å². The van der Waals surface area contributed by atoms with Gasteiger partial charge in [-0.3, -0.25) is 9.59 Å². The molecular formula is C14H6BrCl3O3. The van der Waals surface area contributed by atoms with Crippen LogP contribution < -0.4 is 5.43 Å². The minimum Gasteiger partial charge on any atom is -0.505 e.